The van der Waals surface area contributed by atoms with Crippen molar-refractivity contribution >= 4 is 27.5 Å². The Morgan fingerprint density at radius 2 is 2.29 bits per heavy atom. The first-order valence-corrected chi connectivity index (χ1v) is 7.70. The Hall–Kier alpha value is -1.41. The van der Waals surface area contributed by atoms with Gasteiger partial charge in [0.25, 0.3) is 5.56 Å². The molecular weight excluding hydrogens is 338 g/mol. The highest BCUT2D eigenvalue weighted by Crippen LogP contribution is 2.19. The minimum atomic E-state index is -0.151. The van der Waals surface area contributed by atoms with Gasteiger partial charge in [0.15, 0.2) is 0 Å². The van der Waals surface area contributed by atoms with E-state index in [1.165, 1.54) is 4.68 Å². The van der Waals surface area contributed by atoms with Gasteiger partial charge in [-0.25, -0.2) is 4.68 Å². The molecule has 8 heteroatoms. The van der Waals surface area contributed by atoms with E-state index in [4.69, 9.17) is 0 Å². The molecule has 2 heterocycles. The zero-order chi connectivity index (χ0) is 15.4. The van der Waals surface area contributed by atoms with Crippen LogP contribution in [0.4, 0.5) is 5.69 Å². The number of nitrogens with zero attached hydrogens (tertiary/aromatic N) is 3. The zero-order valence-corrected chi connectivity index (χ0v) is 13.8. The van der Waals surface area contributed by atoms with Crippen LogP contribution in [0, 0.1) is 0 Å². The Labute approximate surface area is 131 Å². The fourth-order valence-corrected chi connectivity index (χ4v) is 2.52. The number of anilines is 1. The number of nitrogens with one attached hydrogen (secondary N) is 2. The zero-order valence-electron chi connectivity index (χ0n) is 12.2. The molecule has 0 radical (unpaired) electrons. The summed E-state index contributed by atoms with van der Waals surface area (Å²) in [6, 6.07) is 0.123. The molecule has 0 aliphatic carbocycles. The summed E-state index contributed by atoms with van der Waals surface area (Å²) in [5.74, 6) is 0.0735. The number of halogens is 1. The van der Waals surface area contributed by atoms with Gasteiger partial charge in [0.1, 0.15) is 4.47 Å². The predicted octanol–water partition coefficient (Wildman–Crippen LogP) is 0.258. The van der Waals surface area contributed by atoms with Gasteiger partial charge in [-0.3, -0.25) is 9.59 Å². The molecule has 1 aromatic rings. The Bertz CT molecular complexity index is 562. The smallest absolute Gasteiger partial charge is 0.283 e. The average molecular weight is 358 g/mol. The third-order valence-corrected chi connectivity index (χ3v) is 4.14. The van der Waals surface area contributed by atoms with Crippen LogP contribution in [0.1, 0.15) is 12.8 Å². The number of hydrogen-bond donors (Lipinski definition) is 2. The lowest BCUT2D eigenvalue weighted by Crippen LogP contribution is -2.42. The molecule has 0 saturated carbocycles. The lowest BCUT2D eigenvalue weighted by molar-refractivity contribution is -0.122. The van der Waals surface area contributed by atoms with Gasteiger partial charge in [-0.15, -0.1) is 0 Å². The van der Waals surface area contributed by atoms with Crippen LogP contribution in [-0.2, 0) is 11.3 Å². The molecule has 1 aliphatic rings. The first-order valence-electron chi connectivity index (χ1n) is 6.91. The number of carbonyl (C=O) groups excluding carboxylic acids is 1. The van der Waals surface area contributed by atoms with Crippen LogP contribution in [0.15, 0.2) is 15.5 Å². The predicted molar refractivity (Wildman–Crippen MR) is 84.4 cm³/mol. The van der Waals surface area contributed by atoms with E-state index < -0.39 is 0 Å². The molecule has 2 rings (SSSR count). The number of amides is 1. The van der Waals surface area contributed by atoms with Gasteiger partial charge in [-0.2, -0.15) is 5.10 Å². The van der Waals surface area contributed by atoms with Gasteiger partial charge in [0.05, 0.1) is 18.4 Å². The Morgan fingerprint density at radius 3 is 2.90 bits per heavy atom. The van der Waals surface area contributed by atoms with Gasteiger partial charge in [-0.1, -0.05) is 0 Å². The van der Waals surface area contributed by atoms with Crippen LogP contribution >= 0.6 is 15.9 Å². The van der Waals surface area contributed by atoms with Gasteiger partial charge in [-0.05, 0) is 36.4 Å². The summed E-state index contributed by atoms with van der Waals surface area (Å²) >= 11 is 3.34. The van der Waals surface area contributed by atoms with Crippen molar-refractivity contribution < 1.29 is 4.79 Å². The second-order valence-electron chi connectivity index (χ2n) is 5.39. The molecule has 0 spiro atoms. The molecule has 1 fully saturated rings. The number of rotatable bonds is 5. The van der Waals surface area contributed by atoms with Crippen molar-refractivity contribution in [2.75, 3.05) is 32.5 Å². The van der Waals surface area contributed by atoms with Crippen LogP contribution in [0.2, 0.25) is 0 Å². The molecule has 116 valence electrons. The van der Waals surface area contributed by atoms with Crippen molar-refractivity contribution in [1.29, 1.82) is 0 Å². The largest absolute Gasteiger partial charge is 0.378 e. The van der Waals surface area contributed by atoms with Crippen LogP contribution < -0.4 is 16.2 Å². The molecule has 1 aliphatic heterocycles. The van der Waals surface area contributed by atoms with E-state index in [-0.39, 0.29) is 17.5 Å². The molecule has 1 unspecified atom stereocenters. The maximum atomic E-state index is 12.2. The van der Waals surface area contributed by atoms with Crippen molar-refractivity contribution in [2.24, 2.45) is 0 Å². The molecule has 0 bridgehead atoms. The van der Waals surface area contributed by atoms with Gasteiger partial charge in [0, 0.05) is 25.6 Å². The number of aromatic nitrogens is 2. The molecule has 21 heavy (non-hydrogen) atoms. The van der Waals surface area contributed by atoms with Gasteiger partial charge in [0.2, 0.25) is 5.91 Å². The highest BCUT2D eigenvalue weighted by molar-refractivity contribution is 9.10. The van der Waals surface area contributed by atoms with E-state index in [9.17, 15) is 9.59 Å². The maximum absolute atomic E-state index is 12.2. The Morgan fingerprint density at radius 1 is 1.52 bits per heavy atom. The third kappa shape index (κ3) is 4.28. The Kier molecular flexibility index (Phi) is 5.35. The minimum Gasteiger partial charge on any atom is -0.378 e. The summed E-state index contributed by atoms with van der Waals surface area (Å²) in [6.45, 7) is 1.86. The first kappa shape index (κ1) is 16.0. The summed E-state index contributed by atoms with van der Waals surface area (Å²) in [6.07, 6.45) is 2.90. The summed E-state index contributed by atoms with van der Waals surface area (Å²) < 4.78 is 1.92. The quantitative estimate of drug-likeness (QED) is 0.789. The molecule has 2 N–H and O–H groups in total. The molecule has 1 aromatic heterocycles. The summed E-state index contributed by atoms with van der Waals surface area (Å²) in [5, 5.41) is 10.2. The van der Waals surface area contributed by atoms with Crippen LogP contribution in [0.5, 0.6) is 0 Å². The maximum Gasteiger partial charge on any atom is 0.283 e. The van der Waals surface area contributed by atoms with E-state index in [0.717, 1.165) is 13.0 Å². The molecule has 1 saturated heterocycles. The second kappa shape index (κ2) is 7.04. The number of carbonyl (C=O) groups is 1. The molecule has 7 nitrogen and oxygen atoms in total. The minimum absolute atomic E-state index is 0.0735. The molecule has 1 atom stereocenters. The fourth-order valence-electron chi connectivity index (χ4n) is 2.10. The van der Waals surface area contributed by atoms with Gasteiger partial charge < -0.3 is 15.5 Å². The standard InChI is InChI=1S/C13H20BrN5O2/c1-18(2)5-6-19-13(21)12(14)10(8-16-19)17-9-3-4-11(20)15-7-9/h8-9,17H,3-7H2,1-2H3,(H,15,20). The summed E-state index contributed by atoms with van der Waals surface area (Å²) in [5.41, 5.74) is 0.518. The lowest BCUT2D eigenvalue weighted by atomic mass is 10.1. The van der Waals surface area contributed by atoms with Crippen LogP contribution in [-0.4, -0.2) is 53.8 Å². The number of piperidine rings is 1. The van der Waals surface area contributed by atoms with Crippen LogP contribution in [0.3, 0.4) is 0 Å². The number of hydrogen-bond acceptors (Lipinski definition) is 5. The Balaban J connectivity index is 2.06. The summed E-state index contributed by atoms with van der Waals surface area (Å²) in [7, 11) is 3.90. The topological polar surface area (TPSA) is 79.3 Å². The normalized spacial score (nSPS) is 18.7. The SMILES string of the molecule is CN(C)CCn1ncc(NC2CCC(=O)NC2)c(Br)c1=O. The van der Waals surface area contributed by atoms with Crippen molar-refractivity contribution in [3.05, 3.63) is 21.0 Å². The lowest BCUT2D eigenvalue weighted by Gasteiger charge is -2.24. The van der Waals surface area contributed by atoms with E-state index in [2.05, 4.69) is 31.7 Å². The fraction of sp³-hybridized carbons (Fsp3) is 0.615. The van der Waals surface area contributed by atoms with E-state index in [1.807, 2.05) is 19.0 Å². The van der Waals surface area contributed by atoms with Crippen LogP contribution in [0.25, 0.3) is 0 Å². The molecule has 0 aromatic carbocycles. The van der Waals surface area contributed by atoms with Crippen molar-refractivity contribution in [3.63, 3.8) is 0 Å². The monoisotopic (exact) mass is 357 g/mol. The second-order valence-corrected chi connectivity index (χ2v) is 6.18. The average Bonchev–Trinajstić information content (AvgIpc) is 2.45. The van der Waals surface area contributed by atoms with Crippen molar-refractivity contribution in [1.82, 2.24) is 20.0 Å². The van der Waals surface area contributed by atoms with Gasteiger partial charge >= 0.3 is 0 Å². The third-order valence-electron chi connectivity index (χ3n) is 3.37. The molecule has 1 amide bonds. The van der Waals surface area contributed by atoms with Crippen molar-refractivity contribution in [3.8, 4) is 0 Å². The highest BCUT2D eigenvalue weighted by Gasteiger charge is 2.19. The van der Waals surface area contributed by atoms with E-state index in [1.54, 1.807) is 6.20 Å². The van der Waals surface area contributed by atoms with E-state index in [0.29, 0.717) is 29.7 Å². The highest BCUT2D eigenvalue weighted by atomic mass is 79.9. The molecular formula is C13H20BrN5O2. The number of likely N-dealkylation sites (N-methyl/N-ethyl adjacent to an activating group) is 1. The summed E-state index contributed by atoms with van der Waals surface area (Å²) in [4.78, 5) is 25.4. The van der Waals surface area contributed by atoms with Crippen molar-refractivity contribution in [2.45, 2.75) is 25.4 Å². The van der Waals surface area contributed by atoms with E-state index >= 15 is 0 Å². The first-order chi connectivity index (χ1) is 9.97.